The first kappa shape index (κ1) is 15.4. The van der Waals surface area contributed by atoms with E-state index in [0.717, 1.165) is 12.1 Å². The fourth-order valence-corrected chi connectivity index (χ4v) is 1.68. The Kier molecular flexibility index (Phi) is 4.06. The molecule has 0 fully saturated rings. The summed E-state index contributed by atoms with van der Waals surface area (Å²) in [6, 6.07) is 4.95. The molecule has 9 heteroatoms. The lowest BCUT2D eigenvalue weighted by molar-refractivity contribution is -0.385. The minimum Gasteiger partial charge on any atom is -0.406 e. The summed E-state index contributed by atoms with van der Waals surface area (Å²) in [5, 5.41) is 10.8. The Hall–Kier alpha value is -2.97. The highest BCUT2D eigenvalue weighted by Crippen LogP contribution is 2.29. The van der Waals surface area contributed by atoms with Gasteiger partial charge in [0.05, 0.1) is 11.0 Å². The second-order valence-corrected chi connectivity index (χ2v) is 4.09. The van der Waals surface area contributed by atoms with Crippen LogP contribution in [0.25, 0.3) is 0 Å². The molecule has 22 heavy (non-hydrogen) atoms. The van der Waals surface area contributed by atoms with Crippen molar-refractivity contribution in [1.82, 2.24) is 4.98 Å². The predicted molar refractivity (Wildman–Crippen MR) is 67.4 cm³/mol. The molecule has 0 saturated heterocycles. The molecule has 1 aromatic carbocycles. The fraction of sp³-hybridized carbons (Fsp3) is 0.0769. The van der Waals surface area contributed by atoms with Gasteiger partial charge in [-0.1, -0.05) is 0 Å². The Morgan fingerprint density at radius 2 is 1.77 bits per heavy atom. The summed E-state index contributed by atoms with van der Waals surface area (Å²) in [7, 11) is 0. The number of hydrogen-bond donors (Lipinski definition) is 0. The van der Waals surface area contributed by atoms with Crippen LogP contribution in [0.4, 0.5) is 18.9 Å². The van der Waals surface area contributed by atoms with Gasteiger partial charge in [0, 0.05) is 29.6 Å². The molecular weight excluding hydrogens is 305 g/mol. The van der Waals surface area contributed by atoms with Crippen molar-refractivity contribution in [2.24, 2.45) is 0 Å². The van der Waals surface area contributed by atoms with Crippen LogP contribution in [0.15, 0.2) is 42.7 Å². The molecule has 0 atom stereocenters. The molecule has 6 nitrogen and oxygen atoms in total. The Morgan fingerprint density at radius 3 is 2.32 bits per heavy atom. The van der Waals surface area contributed by atoms with Crippen molar-refractivity contribution >= 4 is 11.5 Å². The van der Waals surface area contributed by atoms with Gasteiger partial charge in [-0.3, -0.25) is 19.9 Å². The van der Waals surface area contributed by atoms with Crippen LogP contribution >= 0.6 is 0 Å². The summed E-state index contributed by atoms with van der Waals surface area (Å²) < 4.78 is 40.4. The zero-order valence-electron chi connectivity index (χ0n) is 10.7. The molecule has 0 aliphatic rings. The molecule has 2 rings (SSSR count). The minimum absolute atomic E-state index is 0.133. The summed E-state index contributed by atoms with van der Waals surface area (Å²) in [5.41, 5.74) is -0.840. The van der Waals surface area contributed by atoms with E-state index in [1.165, 1.54) is 24.5 Å². The first-order valence-corrected chi connectivity index (χ1v) is 5.76. The number of pyridine rings is 1. The Labute approximate surface area is 121 Å². The number of aromatic nitrogens is 1. The van der Waals surface area contributed by atoms with Gasteiger partial charge >= 0.3 is 6.36 Å². The van der Waals surface area contributed by atoms with Gasteiger partial charge in [0.15, 0.2) is 5.78 Å². The Bertz CT molecular complexity index is 717. The number of rotatable bonds is 4. The van der Waals surface area contributed by atoms with E-state index in [2.05, 4.69) is 9.72 Å². The molecule has 0 spiro atoms. The lowest BCUT2D eigenvalue weighted by atomic mass is 10.0. The number of ether oxygens (including phenoxy) is 1. The van der Waals surface area contributed by atoms with Gasteiger partial charge in [-0.15, -0.1) is 13.2 Å². The lowest BCUT2D eigenvalue weighted by Crippen LogP contribution is -2.17. The number of nitrogens with zero attached hydrogens (tertiary/aromatic N) is 2. The van der Waals surface area contributed by atoms with E-state index in [4.69, 9.17) is 0 Å². The van der Waals surface area contributed by atoms with Crippen molar-refractivity contribution in [2.45, 2.75) is 6.36 Å². The molecule has 0 aliphatic carbocycles. The average Bonchev–Trinajstić information content (AvgIpc) is 2.45. The van der Waals surface area contributed by atoms with Gasteiger partial charge in [-0.05, 0) is 18.2 Å². The lowest BCUT2D eigenvalue weighted by Gasteiger charge is -2.10. The van der Waals surface area contributed by atoms with Crippen LogP contribution in [0.2, 0.25) is 0 Å². The molecule has 114 valence electrons. The second kappa shape index (κ2) is 5.80. The van der Waals surface area contributed by atoms with Crippen molar-refractivity contribution in [3.63, 3.8) is 0 Å². The van der Waals surface area contributed by atoms with Gasteiger partial charge < -0.3 is 4.74 Å². The highest BCUT2D eigenvalue weighted by atomic mass is 19.4. The van der Waals surface area contributed by atoms with Gasteiger partial charge in [-0.25, -0.2) is 0 Å². The van der Waals surface area contributed by atoms with Crippen LogP contribution in [0.1, 0.15) is 15.9 Å². The molecule has 0 saturated carbocycles. The third kappa shape index (κ3) is 3.78. The molecule has 1 heterocycles. The second-order valence-electron chi connectivity index (χ2n) is 4.09. The SMILES string of the molecule is O=C(c1ccncc1)c1cc(OC(F)(F)F)cc([N+](=O)[O-])c1. The molecule has 2 aromatic rings. The normalized spacial score (nSPS) is 11.0. The fourth-order valence-electron chi connectivity index (χ4n) is 1.68. The highest BCUT2D eigenvalue weighted by Gasteiger charge is 2.32. The largest absolute Gasteiger partial charge is 0.573 e. The summed E-state index contributed by atoms with van der Waals surface area (Å²) >= 11 is 0. The number of halogens is 3. The van der Waals surface area contributed by atoms with Crippen molar-refractivity contribution in [3.05, 3.63) is 64.0 Å². The number of ketones is 1. The van der Waals surface area contributed by atoms with E-state index in [1.807, 2.05) is 0 Å². The number of carbonyl (C=O) groups excluding carboxylic acids is 1. The summed E-state index contributed by atoms with van der Waals surface area (Å²) in [4.78, 5) is 25.7. The monoisotopic (exact) mass is 312 g/mol. The smallest absolute Gasteiger partial charge is 0.406 e. The van der Waals surface area contributed by atoms with Crippen LogP contribution in [0.5, 0.6) is 5.75 Å². The Balaban J connectivity index is 2.46. The third-order valence-corrected chi connectivity index (χ3v) is 2.54. The quantitative estimate of drug-likeness (QED) is 0.492. The molecule has 0 aliphatic heterocycles. The number of benzene rings is 1. The zero-order chi connectivity index (χ0) is 16.3. The van der Waals surface area contributed by atoms with Gasteiger partial charge in [0.25, 0.3) is 5.69 Å². The van der Waals surface area contributed by atoms with E-state index < -0.39 is 28.5 Å². The van der Waals surface area contributed by atoms with Crippen LogP contribution in [-0.2, 0) is 0 Å². The zero-order valence-corrected chi connectivity index (χ0v) is 10.7. The minimum atomic E-state index is -5.02. The predicted octanol–water partition coefficient (Wildman–Crippen LogP) is 3.12. The molecule has 0 amide bonds. The third-order valence-electron chi connectivity index (χ3n) is 2.54. The first-order valence-electron chi connectivity index (χ1n) is 5.76. The number of nitro benzene ring substituents is 1. The maximum Gasteiger partial charge on any atom is 0.573 e. The van der Waals surface area contributed by atoms with Crippen LogP contribution in [0, 0.1) is 10.1 Å². The Morgan fingerprint density at radius 1 is 1.14 bits per heavy atom. The summed E-state index contributed by atoms with van der Waals surface area (Å²) in [5.74, 6) is -1.52. The maximum atomic E-state index is 12.2. The first-order chi connectivity index (χ1) is 10.3. The van der Waals surface area contributed by atoms with Crippen molar-refractivity contribution in [2.75, 3.05) is 0 Å². The molecular formula is C13H7F3N2O4. The summed E-state index contributed by atoms with van der Waals surface area (Å²) in [6.07, 6.45) is -2.39. The van der Waals surface area contributed by atoms with Gasteiger partial charge in [0.2, 0.25) is 0 Å². The molecule has 0 radical (unpaired) electrons. The highest BCUT2D eigenvalue weighted by molar-refractivity contribution is 6.09. The molecule has 0 unspecified atom stereocenters. The maximum absolute atomic E-state index is 12.2. The van der Waals surface area contributed by atoms with Crippen LogP contribution in [-0.4, -0.2) is 22.1 Å². The summed E-state index contributed by atoms with van der Waals surface area (Å²) in [6.45, 7) is 0. The van der Waals surface area contributed by atoms with Gasteiger partial charge in [0.1, 0.15) is 5.75 Å². The number of alkyl halides is 3. The number of hydrogen-bond acceptors (Lipinski definition) is 5. The number of non-ortho nitro benzene ring substituents is 1. The van der Waals surface area contributed by atoms with Crippen molar-refractivity contribution in [1.29, 1.82) is 0 Å². The average molecular weight is 312 g/mol. The van der Waals surface area contributed by atoms with Crippen LogP contribution < -0.4 is 4.74 Å². The van der Waals surface area contributed by atoms with E-state index in [9.17, 15) is 28.1 Å². The molecule has 1 aromatic heterocycles. The van der Waals surface area contributed by atoms with Crippen LogP contribution in [0.3, 0.4) is 0 Å². The van der Waals surface area contributed by atoms with E-state index in [1.54, 1.807) is 0 Å². The van der Waals surface area contributed by atoms with E-state index >= 15 is 0 Å². The van der Waals surface area contributed by atoms with Crippen molar-refractivity contribution < 1.29 is 27.6 Å². The van der Waals surface area contributed by atoms with E-state index in [-0.39, 0.29) is 11.1 Å². The molecule has 0 N–H and O–H groups in total. The number of carbonyl (C=O) groups is 1. The topological polar surface area (TPSA) is 82.3 Å². The number of nitro groups is 1. The van der Waals surface area contributed by atoms with Gasteiger partial charge in [-0.2, -0.15) is 0 Å². The molecule has 0 bridgehead atoms. The van der Waals surface area contributed by atoms with E-state index in [0.29, 0.717) is 6.07 Å². The standard InChI is InChI=1S/C13H7F3N2O4/c14-13(15,16)22-11-6-9(5-10(7-11)18(20)21)12(19)8-1-3-17-4-2-8/h1-7H. The van der Waals surface area contributed by atoms with Crippen molar-refractivity contribution in [3.8, 4) is 5.75 Å².